The lowest BCUT2D eigenvalue weighted by Gasteiger charge is -2.35. The number of nitrogens with two attached hydrogens (primary N) is 1. The third kappa shape index (κ3) is 5.50. The Balaban J connectivity index is 1.79. The van der Waals surface area contributed by atoms with E-state index in [1.54, 1.807) is 0 Å². The van der Waals surface area contributed by atoms with Gasteiger partial charge < -0.3 is 15.5 Å². The second kappa shape index (κ2) is 8.87. The van der Waals surface area contributed by atoms with Gasteiger partial charge in [-0.3, -0.25) is 4.79 Å². The minimum absolute atomic E-state index is 0.0965. The molecular formula is C18H30N4O. The molecule has 0 bridgehead atoms. The van der Waals surface area contributed by atoms with E-state index in [-0.39, 0.29) is 11.9 Å². The number of carbonyl (C=O) groups excluding carboxylic acids is 1. The number of nitrogens with zero attached hydrogens (tertiary/aromatic N) is 3. The van der Waals surface area contributed by atoms with Crippen molar-refractivity contribution in [1.82, 2.24) is 9.88 Å². The van der Waals surface area contributed by atoms with Crippen LogP contribution in [0.25, 0.3) is 0 Å². The van der Waals surface area contributed by atoms with Crippen molar-refractivity contribution in [2.45, 2.75) is 45.6 Å². The fourth-order valence-electron chi connectivity index (χ4n) is 3.11. The van der Waals surface area contributed by atoms with E-state index in [0.29, 0.717) is 12.3 Å². The van der Waals surface area contributed by atoms with E-state index in [1.165, 1.54) is 0 Å². The predicted molar refractivity (Wildman–Crippen MR) is 94.3 cm³/mol. The van der Waals surface area contributed by atoms with Crippen LogP contribution >= 0.6 is 0 Å². The van der Waals surface area contributed by atoms with Gasteiger partial charge in [-0.2, -0.15) is 0 Å². The molecule has 2 N–H and O–H groups in total. The zero-order valence-electron chi connectivity index (χ0n) is 14.4. The SMILES string of the molecule is CCN(CC1CCN(c2ccccn2)CC1)C(=O)CCC(C)N. The molecular weight excluding hydrogens is 288 g/mol. The Bertz CT molecular complexity index is 469. The number of piperidine rings is 1. The standard InChI is InChI=1S/C18H30N4O/c1-3-21(18(23)8-7-15(2)19)14-16-9-12-22(13-10-16)17-6-4-5-11-20-17/h4-6,11,15-16H,3,7-10,12-14,19H2,1-2H3. The van der Waals surface area contributed by atoms with Crippen molar-refractivity contribution in [2.75, 3.05) is 31.1 Å². The van der Waals surface area contributed by atoms with Gasteiger partial charge in [0.05, 0.1) is 0 Å². The Morgan fingerprint density at radius 1 is 1.43 bits per heavy atom. The largest absolute Gasteiger partial charge is 0.357 e. The third-order valence-electron chi connectivity index (χ3n) is 4.61. The van der Waals surface area contributed by atoms with Gasteiger partial charge in [-0.15, -0.1) is 0 Å². The van der Waals surface area contributed by atoms with Gasteiger partial charge in [-0.25, -0.2) is 4.98 Å². The first-order chi connectivity index (χ1) is 11.1. The molecule has 1 unspecified atom stereocenters. The number of aromatic nitrogens is 1. The highest BCUT2D eigenvalue weighted by molar-refractivity contribution is 5.76. The van der Waals surface area contributed by atoms with E-state index in [9.17, 15) is 4.79 Å². The third-order valence-corrected chi connectivity index (χ3v) is 4.61. The average Bonchev–Trinajstić information content (AvgIpc) is 2.59. The summed E-state index contributed by atoms with van der Waals surface area (Å²) in [6.07, 6.45) is 5.42. The molecule has 1 aliphatic rings. The maximum absolute atomic E-state index is 12.3. The van der Waals surface area contributed by atoms with Crippen LogP contribution in [0.2, 0.25) is 0 Å². The van der Waals surface area contributed by atoms with E-state index in [1.807, 2.05) is 30.2 Å². The molecule has 1 atom stereocenters. The van der Waals surface area contributed by atoms with E-state index in [2.05, 4.69) is 22.9 Å². The first-order valence-corrected chi connectivity index (χ1v) is 8.79. The molecule has 2 heterocycles. The van der Waals surface area contributed by atoms with Gasteiger partial charge in [0.1, 0.15) is 5.82 Å². The lowest BCUT2D eigenvalue weighted by Crippen LogP contribution is -2.41. The van der Waals surface area contributed by atoms with Gasteiger partial charge in [-0.1, -0.05) is 6.07 Å². The first-order valence-electron chi connectivity index (χ1n) is 8.79. The quantitative estimate of drug-likeness (QED) is 0.838. The predicted octanol–water partition coefficient (Wildman–Crippen LogP) is 2.27. The Morgan fingerprint density at radius 2 is 2.17 bits per heavy atom. The fraction of sp³-hybridized carbons (Fsp3) is 0.667. The van der Waals surface area contributed by atoms with Crippen LogP contribution in [-0.2, 0) is 4.79 Å². The number of amides is 1. The van der Waals surface area contributed by atoms with E-state index < -0.39 is 0 Å². The van der Waals surface area contributed by atoms with Crippen molar-refractivity contribution in [3.63, 3.8) is 0 Å². The number of hydrogen-bond acceptors (Lipinski definition) is 4. The highest BCUT2D eigenvalue weighted by Crippen LogP contribution is 2.22. The maximum atomic E-state index is 12.3. The van der Waals surface area contributed by atoms with Gasteiger partial charge in [0.15, 0.2) is 0 Å². The molecule has 0 aliphatic carbocycles. The maximum Gasteiger partial charge on any atom is 0.222 e. The van der Waals surface area contributed by atoms with Gasteiger partial charge >= 0.3 is 0 Å². The van der Waals surface area contributed by atoms with Gasteiger partial charge in [0, 0.05) is 44.8 Å². The van der Waals surface area contributed by atoms with E-state index >= 15 is 0 Å². The number of anilines is 1. The number of pyridine rings is 1. The van der Waals surface area contributed by atoms with Crippen molar-refractivity contribution in [1.29, 1.82) is 0 Å². The number of rotatable bonds is 7. The Kier molecular flexibility index (Phi) is 6.84. The topological polar surface area (TPSA) is 62.5 Å². The van der Waals surface area contributed by atoms with Crippen molar-refractivity contribution >= 4 is 11.7 Å². The van der Waals surface area contributed by atoms with Crippen molar-refractivity contribution in [3.8, 4) is 0 Å². The smallest absolute Gasteiger partial charge is 0.222 e. The lowest BCUT2D eigenvalue weighted by molar-refractivity contribution is -0.131. The molecule has 1 aromatic heterocycles. The summed E-state index contributed by atoms with van der Waals surface area (Å²) in [5.41, 5.74) is 5.75. The molecule has 1 aliphatic heterocycles. The Labute approximate surface area is 139 Å². The number of hydrogen-bond donors (Lipinski definition) is 1. The van der Waals surface area contributed by atoms with Crippen LogP contribution in [0.4, 0.5) is 5.82 Å². The molecule has 5 heteroatoms. The minimum atomic E-state index is 0.0965. The summed E-state index contributed by atoms with van der Waals surface area (Å²) in [6.45, 7) is 7.73. The number of carbonyl (C=O) groups is 1. The van der Waals surface area contributed by atoms with Crippen LogP contribution in [0.15, 0.2) is 24.4 Å². The summed E-state index contributed by atoms with van der Waals surface area (Å²) in [6, 6.07) is 6.14. The Morgan fingerprint density at radius 3 is 2.74 bits per heavy atom. The highest BCUT2D eigenvalue weighted by Gasteiger charge is 2.23. The summed E-state index contributed by atoms with van der Waals surface area (Å²) in [4.78, 5) is 21.1. The molecule has 2 rings (SSSR count). The molecule has 0 aromatic carbocycles. The summed E-state index contributed by atoms with van der Waals surface area (Å²) < 4.78 is 0. The van der Waals surface area contributed by atoms with Crippen LogP contribution < -0.4 is 10.6 Å². The van der Waals surface area contributed by atoms with E-state index in [0.717, 1.165) is 51.3 Å². The van der Waals surface area contributed by atoms with Crippen molar-refractivity contribution < 1.29 is 4.79 Å². The van der Waals surface area contributed by atoms with Crippen LogP contribution in [0.1, 0.15) is 39.5 Å². The molecule has 0 saturated carbocycles. The van der Waals surface area contributed by atoms with Crippen molar-refractivity contribution in [3.05, 3.63) is 24.4 Å². The molecule has 1 fully saturated rings. The summed E-state index contributed by atoms with van der Waals surface area (Å²) >= 11 is 0. The van der Waals surface area contributed by atoms with Gasteiger partial charge in [0.25, 0.3) is 0 Å². The van der Waals surface area contributed by atoms with Crippen LogP contribution in [0.5, 0.6) is 0 Å². The van der Waals surface area contributed by atoms with Crippen LogP contribution in [-0.4, -0.2) is 48.0 Å². The zero-order chi connectivity index (χ0) is 16.7. The summed E-state index contributed by atoms with van der Waals surface area (Å²) in [7, 11) is 0. The van der Waals surface area contributed by atoms with Crippen LogP contribution in [0, 0.1) is 5.92 Å². The zero-order valence-corrected chi connectivity index (χ0v) is 14.4. The minimum Gasteiger partial charge on any atom is -0.357 e. The normalized spacial score (nSPS) is 17.1. The summed E-state index contributed by atoms with van der Waals surface area (Å²) in [5, 5.41) is 0. The highest BCUT2D eigenvalue weighted by atomic mass is 16.2. The monoisotopic (exact) mass is 318 g/mol. The molecule has 0 radical (unpaired) electrons. The van der Waals surface area contributed by atoms with E-state index in [4.69, 9.17) is 5.73 Å². The first kappa shape index (κ1) is 17.7. The van der Waals surface area contributed by atoms with Gasteiger partial charge in [-0.05, 0) is 51.2 Å². The Hall–Kier alpha value is -1.62. The van der Waals surface area contributed by atoms with Crippen molar-refractivity contribution in [2.24, 2.45) is 11.7 Å². The molecule has 0 spiro atoms. The summed E-state index contributed by atoms with van der Waals surface area (Å²) in [5.74, 6) is 1.90. The van der Waals surface area contributed by atoms with Gasteiger partial charge in [0.2, 0.25) is 5.91 Å². The second-order valence-electron chi connectivity index (χ2n) is 6.57. The molecule has 5 nitrogen and oxygen atoms in total. The molecule has 1 saturated heterocycles. The molecule has 128 valence electrons. The average molecular weight is 318 g/mol. The molecule has 1 aromatic rings. The fourth-order valence-corrected chi connectivity index (χ4v) is 3.11. The van der Waals surface area contributed by atoms with Crippen LogP contribution in [0.3, 0.4) is 0 Å². The lowest BCUT2D eigenvalue weighted by atomic mass is 9.96. The molecule has 23 heavy (non-hydrogen) atoms. The second-order valence-corrected chi connectivity index (χ2v) is 6.57. The molecule has 1 amide bonds.